The van der Waals surface area contributed by atoms with Gasteiger partial charge in [0.05, 0.1) is 19.1 Å². The molecule has 4 rings (SSSR count). The highest BCUT2D eigenvalue weighted by atomic mass is 35.5. The van der Waals surface area contributed by atoms with E-state index in [-0.39, 0.29) is 31.4 Å². The maximum atomic E-state index is 13.0. The van der Waals surface area contributed by atoms with Gasteiger partial charge >= 0.3 is 5.97 Å². The van der Waals surface area contributed by atoms with Crippen molar-refractivity contribution in [1.82, 2.24) is 4.90 Å². The van der Waals surface area contributed by atoms with Crippen molar-refractivity contribution in [3.63, 3.8) is 0 Å². The number of benzene rings is 2. The van der Waals surface area contributed by atoms with Gasteiger partial charge in [-0.25, -0.2) is 0 Å². The number of anilines is 1. The van der Waals surface area contributed by atoms with Crippen molar-refractivity contribution in [3.8, 4) is 11.5 Å². The first-order chi connectivity index (χ1) is 16.1. The Hall–Kier alpha value is -1.84. The van der Waals surface area contributed by atoms with Crippen LogP contribution in [0.1, 0.15) is 12.8 Å². The average Bonchev–Trinajstić information content (AvgIpc) is 3.01. The molecule has 2 aromatic carbocycles. The number of piperazine rings is 1. The number of nitrogens with zero attached hydrogens (tertiary/aromatic N) is 2. The summed E-state index contributed by atoms with van der Waals surface area (Å²) in [6.45, 7) is 4.80. The number of para-hydroxylation sites is 1. The van der Waals surface area contributed by atoms with Crippen molar-refractivity contribution >= 4 is 48.2 Å². The quantitative estimate of drug-likeness (QED) is 0.526. The number of halogens is 2. The number of hydrogen-bond donors (Lipinski definition) is 1. The third-order valence-corrected chi connectivity index (χ3v) is 7.99. The van der Waals surface area contributed by atoms with Gasteiger partial charge in [-0.1, -0.05) is 18.2 Å². The highest BCUT2D eigenvalue weighted by molar-refractivity contribution is 8.01. The molecule has 7 nitrogen and oxygen atoms in total. The minimum absolute atomic E-state index is 0. The lowest BCUT2D eigenvalue weighted by Crippen LogP contribution is -2.50. The van der Waals surface area contributed by atoms with Crippen LogP contribution < -0.4 is 14.4 Å². The number of thioether (sulfide) groups is 1. The van der Waals surface area contributed by atoms with Crippen molar-refractivity contribution in [2.75, 3.05) is 58.5 Å². The van der Waals surface area contributed by atoms with E-state index in [4.69, 9.17) is 14.2 Å². The predicted octanol–water partition coefficient (Wildman–Crippen LogP) is 3.90. The van der Waals surface area contributed by atoms with Gasteiger partial charge < -0.3 is 24.2 Å². The van der Waals surface area contributed by atoms with Gasteiger partial charge in [-0.05, 0) is 43.7 Å². The molecule has 2 heterocycles. The molecular formula is C25H34Cl2N2O5S. The van der Waals surface area contributed by atoms with Crippen molar-refractivity contribution < 1.29 is 24.1 Å². The first kappa shape index (κ1) is 29.4. The smallest absolute Gasteiger partial charge is 0.325 e. The fourth-order valence-corrected chi connectivity index (χ4v) is 5.85. The summed E-state index contributed by atoms with van der Waals surface area (Å²) in [5, 5.41) is 11.0. The molecule has 1 fully saturated rings. The van der Waals surface area contributed by atoms with Crippen LogP contribution in [0.5, 0.6) is 11.5 Å². The number of methoxy groups -OCH3 is 2. The molecule has 2 unspecified atom stereocenters. The minimum atomic E-state index is -1.11. The van der Waals surface area contributed by atoms with E-state index >= 15 is 0 Å². The van der Waals surface area contributed by atoms with Crippen molar-refractivity contribution in [2.45, 2.75) is 28.6 Å². The Morgan fingerprint density at radius 2 is 1.83 bits per heavy atom. The zero-order valence-corrected chi connectivity index (χ0v) is 22.5. The molecule has 2 aromatic rings. The van der Waals surface area contributed by atoms with Gasteiger partial charge in [0.1, 0.15) is 29.0 Å². The van der Waals surface area contributed by atoms with Gasteiger partial charge in [-0.2, -0.15) is 0 Å². The molecule has 1 N–H and O–H groups in total. The monoisotopic (exact) mass is 544 g/mol. The van der Waals surface area contributed by atoms with Gasteiger partial charge in [-0.3, -0.25) is 9.69 Å². The van der Waals surface area contributed by atoms with E-state index in [2.05, 4.69) is 34.1 Å². The minimum Gasteiger partial charge on any atom is -0.497 e. The van der Waals surface area contributed by atoms with E-state index in [1.54, 1.807) is 13.2 Å². The van der Waals surface area contributed by atoms with Crippen molar-refractivity contribution in [2.24, 2.45) is 0 Å². The summed E-state index contributed by atoms with van der Waals surface area (Å²) in [6.07, 6.45) is 0.290. The Labute approximate surface area is 223 Å². The number of rotatable bonds is 7. The van der Waals surface area contributed by atoms with Crippen molar-refractivity contribution in [3.05, 3.63) is 48.5 Å². The van der Waals surface area contributed by atoms with Crippen LogP contribution in [0.4, 0.5) is 5.69 Å². The summed E-state index contributed by atoms with van der Waals surface area (Å²) in [7, 11) is 2.97. The van der Waals surface area contributed by atoms with Gasteiger partial charge in [0.2, 0.25) is 0 Å². The molecule has 0 amide bonds. The van der Waals surface area contributed by atoms with Gasteiger partial charge in [0, 0.05) is 37.9 Å². The third-order valence-electron chi connectivity index (χ3n) is 6.43. The first-order valence-electron chi connectivity index (χ1n) is 11.3. The number of carbonyl (C=O) groups is 1. The average molecular weight is 546 g/mol. The molecule has 0 radical (unpaired) electrons. The maximum absolute atomic E-state index is 13.0. The van der Waals surface area contributed by atoms with E-state index in [0.717, 1.165) is 44.0 Å². The number of aliphatic hydroxyl groups excluding tert-OH is 1. The lowest BCUT2D eigenvalue weighted by atomic mass is 9.95. The number of esters is 1. The molecular weight excluding hydrogens is 511 g/mol. The molecule has 0 aliphatic carbocycles. The van der Waals surface area contributed by atoms with Crippen LogP contribution in [-0.2, 0) is 9.53 Å². The van der Waals surface area contributed by atoms with Crippen LogP contribution in [0.3, 0.4) is 0 Å². The molecule has 0 saturated carbocycles. The molecule has 0 spiro atoms. The lowest BCUT2D eigenvalue weighted by Gasteiger charge is -2.37. The maximum Gasteiger partial charge on any atom is 0.325 e. The zero-order valence-electron chi connectivity index (χ0n) is 20.1. The second kappa shape index (κ2) is 13.5. The Bertz CT molecular complexity index is 947. The second-order valence-corrected chi connectivity index (χ2v) is 9.76. The Morgan fingerprint density at radius 1 is 1.11 bits per heavy atom. The summed E-state index contributed by atoms with van der Waals surface area (Å²) in [6, 6.07) is 16.0. The lowest BCUT2D eigenvalue weighted by molar-refractivity contribution is -0.147. The fraction of sp³-hybridized carbons (Fsp3) is 0.480. The number of hydrogen-bond acceptors (Lipinski definition) is 8. The van der Waals surface area contributed by atoms with Crippen LogP contribution in [0.25, 0.3) is 0 Å². The molecule has 0 aromatic heterocycles. The van der Waals surface area contributed by atoms with Gasteiger partial charge in [-0.15, -0.1) is 36.6 Å². The van der Waals surface area contributed by atoms with Crippen LogP contribution in [0.2, 0.25) is 0 Å². The number of fused-ring (bicyclic) bond motifs is 1. The molecule has 10 heteroatoms. The molecule has 2 aliphatic heterocycles. The molecule has 2 atom stereocenters. The predicted molar refractivity (Wildman–Crippen MR) is 144 cm³/mol. The van der Waals surface area contributed by atoms with E-state index in [0.29, 0.717) is 17.9 Å². The summed E-state index contributed by atoms with van der Waals surface area (Å²) in [4.78, 5) is 18.6. The van der Waals surface area contributed by atoms with Gasteiger partial charge in [0.25, 0.3) is 0 Å². The highest BCUT2D eigenvalue weighted by Gasteiger charge is 2.49. The van der Waals surface area contributed by atoms with E-state index in [1.165, 1.54) is 24.6 Å². The molecule has 2 aliphatic rings. The van der Waals surface area contributed by atoms with E-state index in [1.807, 2.05) is 18.2 Å². The molecule has 0 bridgehead atoms. The van der Waals surface area contributed by atoms with Crippen molar-refractivity contribution in [1.29, 1.82) is 0 Å². The SMILES string of the molecule is COC(=O)C1(CCCN2CCN(c3ccccc3)CC2)Sc2ccc(OC)cc2OCC1O.Cl.Cl. The second-order valence-electron chi connectivity index (χ2n) is 8.39. The normalized spacial score (nSPS) is 21.9. The van der Waals surface area contributed by atoms with E-state index in [9.17, 15) is 9.90 Å². The summed E-state index contributed by atoms with van der Waals surface area (Å²) in [5.41, 5.74) is 1.26. The Balaban J connectivity index is 0.00000216. The number of ether oxygens (including phenoxy) is 3. The Kier molecular flexibility index (Phi) is 11.3. The van der Waals surface area contributed by atoms with Gasteiger partial charge in [0.15, 0.2) is 0 Å². The summed E-state index contributed by atoms with van der Waals surface area (Å²) >= 11 is 1.34. The Morgan fingerprint density at radius 3 is 2.49 bits per heavy atom. The van der Waals surface area contributed by atoms with E-state index < -0.39 is 16.8 Å². The van der Waals surface area contributed by atoms with Crippen LogP contribution in [0.15, 0.2) is 53.4 Å². The molecule has 35 heavy (non-hydrogen) atoms. The standard InChI is InChI=1S/C25H32N2O5S.2ClH/c1-30-20-9-10-22-21(17-20)32-18-23(28)25(33-22,24(29)31-2)11-6-12-26-13-15-27(16-14-26)19-7-4-3-5-8-19;;/h3-5,7-10,17,23,28H,6,11-16,18H2,1-2H3;2*1H. The summed E-state index contributed by atoms with van der Waals surface area (Å²) in [5.74, 6) is 0.867. The number of aliphatic hydroxyl groups is 1. The first-order valence-corrected chi connectivity index (χ1v) is 12.2. The molecule has 194 valence electrons. The zero-order chi connectivity index (χ0) is 23.3. The highest BCUT2D eigenvalue weighted by Crippen LogP contribution is 2.47. The largest absolute Gasteiger partial charge is 0.497 e. The summed E-state index contributed by atoms with van der Waals surface area (Å²) < 4.78 is 15.2. The third kappa shape index (κ3) is 6.68. The van der Waals surface area contributed by atoms with Crippen LogP contribution in [-0.4, -0.2) is 80.4 Å². The number of carbonyl (C=O) groups excluding carboxylic acids is 1. The van der Waals surface area contributed by atoms with Crippen LogP contribution >= 0.6 is 36.6 Å². The topological polar surface area (TPSA) is 71.5 Å². The van der Waals surface area contributed by atoms with Crippen LogP contribution in [0, 0.1) is 0 Å². The fourth-order valence-electron chi connectivity index (χ4n) is 4.48. The molecule has 1 saturated heterocycles.